The lowest BCUT2D eigenvalue weighted by atomic mass is 9.96. The van der Waals surface area contributed by atoms with Crippen LogP contribution in [0.25, 0.3) is 17.1 Å². The Morgan fingerprint density at radius 2 is 1.87 bits per heavy atom. The largest absolute Gasteiger partial charge is 0.454 e. The molecule has 160 valence electrons. The Labute approximate surface area is 182 Å². The summed E-state index contributed by atoms with van der Waals surface area (Å²) in [5.74, 6) is 2.10. The molecule has 0 unspecified atom stereocenters. The van der Waals surface area contributed by atoms with Gasteiger partial charge in [0.2, 0.25) is 12.7 Å². The topological polar surface area (TPSA) is 56.6 Å². The molecule has 1 amide bonds. The van der Waals surface area contributed by atoms with E-state index in [1.807, 2.05) is 35.5 Å². The number of piperidine rings is 1. The van der Waals surface area contributed by atoms with E-state index in [4.69, 9.17) is 9.47 Å². The van der Waals surface area contributed by atoms with Gasteiger partial charge in [-0.3, -0.25) is 4.79 Å². The van der Waals surface area contributed by atoms with Crippen LogP contribution >= 0.6 is 0 Å². The number of imidazole rings is 1. The van der Waals surface area contributed by atoms with Crippen molar-refractivity contribution in [1.29, 1.82) is 0 Å². The van der Waals surface area contributed by atoms with E-state index in [1.54, 1.807) is 6.08 Å². The van der Waals surface area contributed by atoms with Gasteiger partial charge < -0.3 is 18.9 Å². The zero-order valence-corrected chi connectivity index (χ0v) is 18.0. The van der Waals surface area contributed by atoms with Crippen LogP contribution in [-0.4, -0.2) is 40.2 Å². The Balaban J connectivity index is 1.18. The maximum Gasteiger partial charge on any atom is 0.246 e. The molecule has 31 heavy (non-hydrogen) atoms. The van der Waals surface area contributed by atoms with Crippen LogP contribution in [-0.2, 0) is 11.3 Å². The maximum atomic E-state index is 12.6. The van der Waals surface area contributed by atoms with Gasteiger partial charge in [-0.1, -0.05) is 6.07 Å². The number of carbonyl (C=O) groups is 1. The summed E-state index contributed by atoms with van der Waals surface area (Å²) < 4.78 is 13.0. The first-order chi connectivity index (χ1) is 15.1. The molecule has 3 heterocycles. The quantitative estimate of drug-likeness (QED) is 0.593. The summed E-state index contributed by atoms with van der Waals surface area (Å²) in [5.41, 5.74) is 5.77. The molecule has 1 saturated heterocycles. The van der Waals surface area contributed by atoms with Crippen LogP contribution < -0.4 is 9.47 Å². The first-order valence-corrected chi connectivity index (χ1v) is 10.9. The molecular weight excluding hydrogens is 390 g/mol. The molecule has 2 aliphatic rings. The third kappa shape index (κ3) is 4.02. The zero-order chi connectivity index (χ0) is 21.4. The molecule has 6 heteroatoms. The van der Waals surface area contributed by atoms with E-state index in [-0.39, 0.29) is 12.7 Å². The lowest BCUT2D eigenvalue weighted by Crippen LogP contribution is -2.38. The number of carbonyl (C=O) groups excluding carboxylic acids is 1. The normalized spacial score (nSPS) is 16.5. The Hall–Kier alpha value is -3.28. The molecular formula is C25H27N3O3. The fourth-order valence-electron chi connectivity index (χ4n) is 4.36. The molecule has 0 bridgehead atoms. The van der Waals surface area contributed by atoms with E-state index in [1.165, 1.54) is 16.6 Å². The number of hydrogen-bond acceptors (Lipinski definition) is 4. The molecule has 5 rings (SSSR count). The summed E-state index contributed by atoms with van der Waals surface area (Å²) in [6.07, 6.45) is 7.47. The van der Waals surface area contributed by atoms with Gasteiger partial charge in [-0.05, 0) is 79.6 Å². The van der Waals surface area contributed by atoms with E-state index in [2.05, 4.69) is 35.5 Å². The van der Waals surface area contributed by atoms with Gasteiger partial charge in [0, 0.05) is 25.7 Å². The fraction of sp³-hybridized carbons (Fsp3) is 0.360. The molecule has 6 nitrogen and oxygen atoms in total. The number of benzene rings is 2. The van der Waals surface area contributed by atoms with Crippen molar-refractivity contribution in [3.63, 3.8) is 0 Å². The number of aromatic nitrogens is 2. The number of likely N-dealkylation sites (tertiary alicyclic amines) is 1. The second-order valence-electron chi connectivity index (χ2n) is 8.54. The standard InChI is InChI=1S/C25H27N3O3/c1-17-11-21-22(12-18(17)2)28(15-26-21)14-20-7-9-27(10-8-20)25(29)6-4-19-3-5-23-24(13-19)31-16-30-23/h3-6,11-13,15,20H,7-10,14,16H2,1-2H3/b6-4+. The zero-order valence-electron chi connectivity index (χ0n) is 18.0. The van der Waals surface area contributed by atoms with E-state index >= 15 is 0 Å². The van der Waals surface area contributed by atoms with E-state index in [0.29, 0.717) is 5.92 Å². The Kier molecular flexibility index (Phi) is 5.14. The van der Waals surface area contributed by atoms with Crippen LogP contribution in [0.1, 0.15) is 29.5 Å². The average Bonchev–Trinajstić information content (AvgIpc) is 3.40. The number of aryl methyl sites for hydroxylation is 2. The monoisotopic (exact) mass is 417 g/mol. The SMILES string of the molecule is Cc1cc2ncn(CC3CCN(C(=O)/C=C/c4ccc5c(c4)OCO5)CC3)c2cc1C. The van der Waals surface area contributed by atoms with Crippen molar-refractivity contribution in [2.24, 2.45) is 5.92 Å². The second-order valence-corrected chi connectivity index (χ2v) is 8.54. The summed E-state index contributed by atoms with van der Waals surface area (Å²) >= 11 is 0. The second kappa shape index (κ2) is 8.10. The van der Waals surface area contributed by atoms with Gasteiger partial charge in [0.15, 0.2) is 11.5 Å². The van der Waals surface area contributed by atoms with Crippen molar-refractivity contribution in [3.05, 3.63) is 59.4 Å². The Morgan fingerprint density at radius 3 is 2.71 bits per heavy atom. The smallest absolute Gasteiger partial charge is 0.246 e. The van der Waals surface area contributed by atoms with Crippen LogP contribution in [0, 0.1) is 19.8 Å². The third-order valence-corrected chi connectivity index (χ3v) is 6.43. The first-order valence-electron chi connectivity index (χ1n) is 10.9. The van der Waals surface area contributed by atoms with Crippen LogP contribution in [0.5, 0.6) is 11.5 Å². The fourth-order valence-corrected chi connectivity index (χ4v) is 4.36. The first kappa shape index (κ1) is 19.7. The van der Waals surface area contributed by atoms with Crippen LogP contribution in [0.15, 0.2) is 42.7 Å². The summed E-state index contributed by atoms with van der Waals surface area (Å²) in [7, 11) is 0. The minimum absolute atomic E-state index is 0.0651. The van der Waals surface area contributed by atoms with Crippen LogP contribution in [0.2, 0.25) is 0 Å². The summed E-state index contributed by atoms with van der Waals surface area (Å²) in [5, 5.41) is 0. The molecule has 3 aromatic rings. The van der Waals surface area contributed by atoms with Crippen molar-refractivity contribution in [1.82, 2.24) is 14.5 Å². The van der Waals surface area contributed by atoms with Crippen LogP contribution in [0.3, 0.4) is 0 Å². The Bertz CT molecular complexity index is 1160. The molecule has 0 aliphatic carbocycles. The maximum absolute atomic E-state index is 12.6. The molecule has 0 saturated carbocycles. The van der Waals surface area contributed by atoms with Gasteiger partial charge in [-0.25, -0.2) is 4.98 Å². The predicted molar refractivity (Wildman–Crippen MR) is 120 cm³/mol. The number of ether oxygens (including phenoxy) is 2. The van der Waals surface area contributed by atoms with Gasteiger partial charge in [-0.15, -0.1) is 0 Å². The molecule has 2 aliphatic heterocycles. The van der Waals surface area contributed by atoms with Crippen molar-refractivity contribution in [3.8, 4) is 11.5 Å². The lowest BCUT2D eigenvalue weighted by molar-refractivity contribution is -0.127. The molecule has 2 aromatic carbocycles. The molecule has 0 atom stereocenters. The molecule has 1 fully saturated rings. The average molecular weight is 418 g/mol. The number of rotatable bonds is 4. The molecule has 0 spiro atoms. The lowest BCUT2D eigenvalue weighted by Gasteiger charge is -2.31. The van der Waals surface area contributed by atoms with Gasteiger partial charge in [0.1, 0.15) is 0 Å². The van der Waals surface area contributed by atoms with Gasteiger partial charge >= 0.3 is 0 Å². The van der Waals surface area contributed by atoms with E-state index in [9.17, 15) is 4.79 Å². The van der Waals surface area contributed by atoms with Crippen molar-refractivity contribution >= 4 is 23.0 Å². The molecule has 0 radical (unpaired) electrons. The minimum Gasteiger partial charge on any atom is -0.454 e. The van der Waals surface area contributed by atoms with Crippen molar-refractivity contribution < 1.29 is 14.3 Å². The van der Waals surface area contributed by atoms with Crippen LogP contribution in [0.4, 0.5) is 0 Å². The summed E-state index contributed by atoms with van der Waals surface area (Å²) in [6, 6.07) is 10.1. The molecule has 1 aromatic heterocycles. The van der Waals surface area contributed by atoms with Gasteiger partial charge in [0.25, 0.3) is 0 Å². The van der Waals surface area contributed by atoms with Crippen molar-refractivity contribution in [2.45, 2.75) is 33.2 Å². The minimum atomic E-state index is 0.0651. The van der Waals surface area contributed by atoms with Gasteiger partial charge in [-0.2, -0.15) is 0 Å². The summed E-state index contributed by atoms with van der Waals surface area (Å²) in [6.45, 7) is 7.06. The highest BCUT2D eigenvalue weighted by Crippen LogP contribution is 2.33. The highest BCUT2D eigenvalue weighted by molar-refractivity contribution is 5.92. The van der Waals surface area contributed by atoms with E-state index < -0.39 is 0 Å². The third-order valence-electron chi connectivity index (χ3n) is 6.43. The number of nitrogens with zero attached hydrogens (tertiary/aromatic N) is 3. The molecule has 0 N–H and O–H groups in total. The van der Waals surface area contributed by atoms with Crippen molar-refractivity contribution in [2.75, 3.05) is 19.9 Å². The Morgan fingerprint density at radius 1 is 1.10 bits per heavy atom. The number of fused-ring (bicyclic) bond motifs is 2. The highest BCUT2D eigenvalue weighted by Gasteiger charge is 2.22. The number of amides is 1. The predicted octanol–water partition coefficient (Wildman–Crippen LogP) is 4.33. The highest BCUT2D eigenvalue weighted by atomic mass is 16.7. The van der Waals surface area contributed by atoms with E-state index in [0.717, 1.165) is 55.1 Å². The summed E-state index contributed by atoms with van der Waals surface area (Å²) in [4.78, 5) is 19.2. The van der Waals surface area contributed by atoms with Gasteiger partial charge in [0.05, 0.1) is 17.4 Å². The number of hydrogen-bond donors (Lipinski definition) is 0.